The van der Waals surface area contributed by atoms with E-state index in [1.165, 1.54) is 24.8 Å². The SMILES string of the molecule is O=C(NCC1CCN(C(=O)C=C2CCCCC2)CC1)c1cccnc1. The lowest BCUT2D eigenvalue weighted by Gasteiger charge is -2.31. The van der Waals surface area contributed by atoms with Crippen LogP contribution in [0.25, 0.3) is 0 Å². The summed E-state index contributed by atoms with van der Waals surface area (Å²) >= 11 is 0. The lowest BCUT2D eigenvalue weighted by molar-refractivity contribution is -0.127. The topological polar surface area (TPSA) is 62.3 Å². The fourth-order valence-electron chi connectivity index (χ4n) is 3.61. The highest BCUT2D eigenvalue weighted by Crippen LogP contribution is 2.23. The molecule has 1 aromatic heterocycles. The quantitative estimate of drug-likeness (QED) is 0.857. The van der Waals surface area contributed by atoms with Crippen LogP contribution in [0.5, 0.6) is 0 Å². The van der Waals surface area contributed by atoms with Crippen molar-refractivity contribution < 1.29 is 9.59 Å². The molecule has 5 heteroatoms. The van der Waals surface area contributed by atoms with E-state index in [1.807, 2.05) is 11.0 Å². The van der Waals surface area contributed by atoms with Crippen LogP contribution in [-0.2, 0) is 4.79 Å². The molecule has 0 unspecified atom stereocenters. The van der Waals surface area contributed by atoms with Crippen LogP contribution in [0.4, 0.5) is 0 Å². The zero-order chi connectivity index (χ0) is 17.5. The predicted molar refractivity (Wildman–Crippen MR) is 97.0 cm³/mol. The Bertz CT molecular complexity index is 611. The zero-order valence-corrected chi connectivity index (χ0v) is 14.7. The molecule has 2 aliphatic rings. The Labute approximate surface area is 149 Å². The molecule has 25 heavy (non-hydrogen) atoms. The molecule has 0 atom stereocenters. The third-order valence-electron chi connectivity index (χ3n) is 5.22. The van der Waals surface area contributed by atoms with Crippen molar-refractivity contribution in [2.24, 2.45) is 5.92 Å². The van der Waals surface area contributed by atoms with E-state index < -0.39 is 0 Å². The fourth-order valence-corrected chi connectivity index (χ4v) is 3.61. The highest BCUT2D eigenvalue weighted by atomic mass is 16.2. The lowest BCUT2D eigenvalue weighted by Crippen LogP contribution is -2.41. The Morgan fingerprint density at radius 1 is 1.20 bits per heavy atom. The molecule has 134 valence electrons. The minimum Gasteiger partial charge on any atom is -0.352 e. The second kappa shape index (κ2) is 8.79. The Morgan fingerprint density at radius 3 is 2.64 bits per heavy atom. The van der Waals surface area contributed by atoms with Crippen molar-refractivity contribution in [3.05, 3.63) is 41.7 Å². The van der Waals surface area contributed by atoms with Gasteiger partial charge in [0, 0.05) is 38.1 Å². The molecule has 5 nitrogen and oxygen atoms in total. The van der Waals surface area contributed by atoms with Crippen molar-refractivity contribution in [1.82, 2.24) is 15.2 Å². The van der Waals surface area contributed by atoms with E-state index in [9.17, 15) is 9.59 Å². The standard InChI is InChI=1S/C20H27N3O2/c24-19(13-16-5-2-1-3-6-16)23-11-8-17(9-12-23)14-22-20(25)18-7-4-10-21-15-18/h4,7,10,13,15,17H,1-3,5-6,8-9,11-12,14H2,(H,22,25). The van der Waals surface area contributed by atoms with Crippen LogP contribution in [0.15, 0.2) is 36.2 Å². The maximum atomic E-state index is 12.4. The summed E-state index contributed by atoms with van der Waals surface area (Å²) in [6.45, 7) is 2.24. The van der Waals surface area contributed by atoms with Gasteiger partial charge >= 0.3 is 0 Å². The van der Waals surface area contributed by atoms with Gasteiger partial charge in [-0.25, -0.2) is 0 Å². The van der Waals surface area contributed by atoms with Crippen molar-refractivity contribution in [2.75, 3.05) is 19.6 Å². The van der Waals surface area contributed by atoms with Crippen molar-refractivity contribution in [1.29, 1.82) is 0 Å². The van der Waals surface area contributed by atoms with Crippen LogP contribution in [0.3, 0.4) is 0 Å². The number of allylic oxidation sites excluding steroid dienone is 1. The number of nitrogens with one attached hydrogen (secondary N) is 1. The minimum absolute atomic E-state index is 0.0753. The molecule has 0 aromatic carbocycles. The monoisotopic (exact) mass is 341 g/mol. The molecule has 1 N–H and O–H groups in total. The molecule has 0 spiro atoms. The lowest BCUT2D eigenvalue weighted by atomic mass is 9.93. The van der Waals surface area contributed by atoms with Crippen molar-refractivity contribution in [3.63, 3.8) is 0 Å². The van der Waals surface area contributed by atoms with Gasteiger partial charge in [0.1, 0.15) is 0 Å². The number of aromatic nitrogens is 1. The van der Waals surface area contributed by atoms with Gasteiger partial charge < -0.3 is 10.2 Å². The number of amides is 2. The van der Waals surface area contributed by atoms with Crippen LogP contribution in [0.1, 0.15) is 55.3 Å². The zero-order valence-electron chi connectivity index (χ0n) is 14.7. The van der Waals surface area contributed by atoms with Gasteiger partial charge in [-0.2, -0.15) is 0 Å². The fraction of sp³-hybridized carbons (Fsp3) is 0.550. The minimum atomic E-state index is -0.0753. The summed E-state index contributed by atoms with van der Waals surface area (Å²) in [5, 5.41) is 2.98. The second-order valence-electron chi connectivity index (χ2n) is 7.08. The molecule has 2 amide bonds. The predicted octanol–water partition coefficient (Wildman–Crippen LogP) is 2.94. The molecular weight excluding hydrogens is 314 g/mol. The smallest absolute Gasteiger partial charge is 0.252 e. The number of hydrogen-bond acceptors (Lipinski definition) is 3. The Hall–Kier alpha value is -2.17. The average molecular weight is 341 g/mol. The highest BCUT2D eigenvalue weighted by molar-refractivity contribution is 5.93. The summed E-state index contributed by atoms with van der Waals surface area (Å²) < 4.78 is 0. The van der Waals surface area contributed by atoms with E-state index in [4.69, 9.17) is 0 Å². The first kappa shape index (κ1) is 17.6. The normalized spacial score (nSPS) is 18.7. The molecular formula is C20H27N3O2. The molecule has 1 saturated carbocycles. The summed E-state index contributed by atoms with van der Waals surface area (Å²) in [6.07, 6.45) is 12.9. The Morgan fingerprint density at radius 2 is 1.96 bits per heavy atom. The Kier molecular flexibility index (Phi) is 6.20. The van der Waals surface area contributed by atoms with E-state index >= 15 is 0 Å². The first-order chi connectivity index (χ1) is 12.2. The molecule has 0 bridgehead atoms. The number of carbonyl (C=O) groups is 2. The molecule has 2 fully saturated rings. The van der Waals surface area contributed by atoms with Gasteiger partial charge in [0.15, 0.2) is 0 Å². The molecule has 2 heterocycles. The number of hydrogen-bond donors (Lipinski definition) is 1. The van der Waals surface area contributed by atoms with Crippen LogP contribution in [-0.4, -0.2) is 41.3 Å². The summed E-state index contributed by atoms with van der Waals surface area (Å²) in [7, 11) is 0. The van der Waals surface area contributed by atoms with Gasteiger partial charge in [-0.05, 0) is 56.6 Å². The van der Waals surface area contributed by atoms with E-state index in [1.54, 1.807) is 24.5 Å². The molecule has 0 radical (unpaired) electrons. The molecule has 1 aliphatic heterocycles. The van der Waals surface area contributed by atoms with Gasteiger partial charge in [0.25, 0.3) is 5.91 Å². The first-order valence-electron chi connectivity index (χ1n) is 9.39. The van der Waals surface area contributed by atoms with Crippen LogP contribution >= 0.6 is 0 Å². The van der Waals surface area contributed by atoms with E-state index in [2.05, 4.69) is 10.3 Å². The average Bonchev–Trinajstić information content (AvgIpc) is 2.68. The van der Waals surface area contributed by atoms with Gasteiger partial charge in [-0.15, -0.1) is 0 Å². The van der Waals surface area contributed by atoms with Crippen molar-refractivity contribution >= 4 is 11.8 Å². The summed E-state index contributed by atoms with van der Waals surface area (Å²) in [4.78, 5) is 30.4. The molecule has 1 aliphatic carbocycles. The van der Waals surface area contributed by atoms with Gasteiger partial charge in [0.05, 0.1) is 5.56 Å². The van der Waals surface area contributed by atoms with E-state index in [0.717, 1.165) is 38.8 Å². The van der Waals surface area contributed by atoms with E-state index in [-0.39, 0.29) is 11.8 Å². The number of rotatable bonds is 4. The number of nitrogens with zero attached hydrogens (tertiary/aromatic N) is 2. The van der Waals surface area contributed by atoms with Crippen LogP contribution in [0.2, 0.25) is 0 Å². The third-order valence-corrected chi connectivity index (χ3v) is 5.22. The summed E-state index contributed by atoms with van der Waals surface area (Å²) in [5.74, 6) is 0.537. The van der Waals surface area contributed by atoms with Gasteiger partial charge in [0.2, 0.25) is 5.91 Å². The third kappa shape index (κ3) is 5.15. The second-order valence-corrected chi connectivity index (χ2v) is 7.08. The number of carbonyl (C=O) groups excluding carboxylic acids is 2. The maximum Gasteiger partial charge on any atom is 0.252 e. The van der Waals surface area contributed by atoms with Crippen molar-refractivity contribution in [3.8, 4) is 0 Å². The van der Waals surface area contributed by atoms with Gasteiger partial charge in [-0.3, -0.25) is 14.6 Å². The first-order valence-corrected chi connectivity index (χ1v) is 9.39. The highest BCUT2D eigenvalue weighted by Gasteiger charge is 2.22. The number of piperidine rings is 1. The van der Waals surface area contributed by atoms with Crippen LogP contribution in [0, 0.1) is 5.92 Å². The molecule has 1 saturated heterocycles. The van der Waals surface area contributed by atoms with Gasteiger partial charge in [-0.1, -0.05) is 12.0 Å². The van der Waals surface area contributed by atoms with E-state index in [0.29, 0.717) is 18.0 Å². The largest absolute Gasteiger partial charge is 0.352 e. The van der Waals surface area contributed by atoms with Crippen molar-refractivity contribution in [2.45, 2.75) is 44.9 Å². The molecule has 1 aromatic rings. The molecule has 3 rings (SSSR count). The van der Waals surface area contributed by atoms with Crippen LogP contribution < -0.4 is 5.32 Å². The summed E-state index contributed by atoms with van der Waals surface area (Å²) in [5.41, 5.74) is 1.91. The Balaban J connectivity index is 1.41. The maximum absolute atomic E-state index is 12.4. The number of likely N-dealkylation sites (tertiary alicyclic amines) is 1. The number of pyridine rings is 1. The summed E-state index contributed by atoms with van der Waals surface area (Å²) in [6, 6.07) is 3.53.